The number of allylic oxidation sites excluding steroid dienone is 4. The predicted molar refractivity (Wildman–Crippen MR) is 253 cm³/mol. The maximum Gasteiger partial charge on any atom is 0.0541 e. The summed E-state index contributed by atoms with van der Waals surface area (Å²) in [5, 5.41) is 2.54. The molecule has 0 N–H and O–H groups in total. The van der Waals surface area contributed by atoms with Crippen molar-refractivity contribution < 1.29 is 0 Å². The zero-order chi connectivity index (χ0) is 40.0. The first-order valence-electron chi connectivity index (χ1n) is 20.3. The van der Waals surface area contributed by atoms with Crippen molar-refractivity contribution in [2.45, 2.75) is 13.3 Å². The highest BCUT2D eigenvalue weighted by molar-refractivity contribution is 6.09. The maximum absolute atomic E-state index is 4.41. The second kappa shape index (κ2) is 16.9. The van der Waals surface area contributed by atoms with Crippen LogP contribution in [0.15, 0.2) is 243 Å². The molecular formula is C56H45N3. The number of aromatic nitrogens is 1. The minimum absolute atomic E-state index is 0.900. The van der Waals surface area contributed by atoms with Gasteiger partial charge in [-0.2, -0.15) is 0 Å². The van der Waals surface area contributed by atoms with Crippen LogP contribution in [0.1, 0.15) is 13.3 Å². The highest BCUT2D eigenvalue weighted by Gasteiger charge is 2.16. The lowest BCUT2D eigenvalue weighted by molar-refractivity contribution is 1.18. The summed E-state index contributed by atoms with van der Waals surface area (Å²) in [6.45, 7) is 6.55. The van der Waals surface area contributed by atoms with Gasteiger partial charge in [0.15, 0.2) is 0 Å². The van der Waals surface area contributed by atoms with Crippen molar-refractivity contribution in [2.24, 2.45) is 0 Å². The number of anilines is 5. The highest BCUT2D eigenvalue weighted by atomic mass is 15.1. The Morgan fingerprint density at radius 3 is 1.32 bits per heavy atom. The number of hydrogen-bond acceptors (Lipinski definition) is 2. The average molecular weight is 760 g/mol. The van der Waals surface area contributed by atoms with E-state index in [4.69, 9.17) is 0 Å². The SMILES string of the molecule is C=C(/C=C\C=C/CC)N(c1ccccc1)c1ccc(-c2ccc(N(c3ccccc3)c3ccc(-c4ccc(-n5c6ccccc6c6ccccc65)cc4)cc3)cc2)cc1. The van der Waals surface area contributed by atoms with E-state index in [0.29, 0.717) is 0 Å². The van der Waals surface area contributed by atoms with E-state index in [9.17, 15) is 0 Å². The number of benzene rings is 8. The Balaban J connectivity index is 0.969. The van der Waals surface area contributed by atoms with E-state index in [1.54, 1.807) is 0 Å². The number of para-hydroxylation sites is 4. The van der Waals surface area contributed by atoms with E-state index in [0.717, 1.165) is 57.4 Å². The van der Waals surface area contributed by atoms with Gasteiger partial charge in [-0.15, -0.1) is 0 Å². The van der Waals surface area contributed by atoms with Crippen LogP contribution >= 0.6 is 0 Å². The molecular weight excluding hydrogens is 715 g/mol. The first-order chi connectivity index (χ1) is 29.2. The fourth-order valence-corrected chi connectivity index (χ4v) is 7.95. The van der Waals surface area contributed by atoms with Gasteiger partial charge in [0.2, 0.25) is 0 Å². The van der Waals surface area contributed by atoms with Crippen LogP contribution in [0, 0.1) is 0 Å². The Kier molecular flexibility index (Phi) is 10.6. The first kappa shape index (κ1) is 37.0. The van der Waals surface area contributed by atoms with Crippen molar-refractivity contribution in [1.29, 1.82) is 0 Å². The van der Waals surface area contributed by atoms with E-state index >= 15 is 0 Å². The molecule has 0 radical (unpaired) electrons. The van der Waals surface area contributed by atoms with Gasteiger partial charge in [0, 0.05) is 50.6 Å². The Morgan fingerprint density at radius 1 is 0.441 bits per heavy atom. The Bertz CT molecular complexity index is 2830. The van der Waals surface area contributed by atoms with Crippen LogP contribution in [0.25, 0.3) is 49.7 Å². The van der Waals surface area contributed by atoms with Gasteiger partial charge in [0.25, 0.3) is 0 Å². The molecule has 0 fully saturated rings. The zero-order valence-corrected chi connectivity index (χ0v) is 33.2. The topological polar surface area (TPSA) is 11.4 Å². The molecule has 1 heterocycles. The first-order valence-corrected chi connectivity index (χ1v) is 20.3. The molecule has 0 spiro atoms. The standard InChI is InChI=1S/C56H45N3/c1-3-4-5-8-17-42(2)57(47-18-9-6-10-19-47)49-34-26-43(27-35-49)44-28-36-50(37-29-44)58(48-20-11-7-12-21-48)51-38-30-45(31-39-51)46-32-40-52(41-33-46)59-55-24-15-13-22-53(55)54-23-14-16-25-56(54)59/h4-41H,2-3H2,1H3/b5-4-,17-8-. The molecule has 0 aliphatic heterocycles. The van der Waals surface area contributed by atoms with Gasteiger partial charge in [-0.1, -0.05) is 153 Å². The molecule has 0 aliphatic rings. The van der Waals surface area contributed by atoms with Gasteiger partial charge in [-0.05, 0) is 120 Å². The third kappa shape index (κ3) is 7.62. The molecule has 3 nitrogen and oxygen atoms in total. The van der Waals surface area contributed by atoms with E-state index in [1.807, 2.05) is 6.07 Å². The van der Waals surface area contributed by atoms with E-state index in [2.05, 4.69) is 252 Å². The molecule has 0 saturated carbocycles. The highest BCUT2D eigenvalue weighted by Crippen LogP contribution is 2.38. The zero-order valence-electron chi connectivity index (χ0n) is 33.2. The van der Waals surface area contributed by atoms with Crippen molar-refractivity contribution >= 4 is 50.2 Å². The molecule has 0 atom stereocenters. The van der Waals surface area contributed by atoms with Crippen LogP contribution in [-0.2, 0) is 0 Å². The van der Waals surface area contributed by atoms with E-state index < -0.39 is 0 Å². The maximum atomic E-state index is 4.41. The van der Waals surface area contributed by atoms with Crippen molar-refractivity contribution in [1.82, 2.24) is 4.57 Å². The summed E-state index contributed by atoms with van der Waals surface area (Å²) in [7, 11) is 0. The molecule has 0 bridgehead atoms. The fraction of sp³-hybridized carbons (Fsp3) is 0.0357. The quantitative estimate of drug-likeness (QED) is 0.115. The summed E-state index contributed by atoms with van der Waals surface area (Å²) in [6, 6.07) is 73.7. The molecule has 9 rings (SSSR count). The Hall–Kier alpha value is -7.62. The number of hydrogen-bond donors (Lipinski definition) is 0. The summed E-state index contributed by atoms with van der Waals surface area (Å²) in [6.07, 6.45) is 9.32. The second-order valence-corrected chi connectivity index (χ2v) is 14.6. The van der Waals surface area contributed by atoms with Crippen LogP contribution < -0.4 is 9.80 Å². The smallest absolute Gasteiger partial charge is 0.0541 e. The molecule has 0 saturated heterocycles. The lowest BCUT2D eigenvalue weighted by Crippen LogP contribution is -2.14. The van der Waals surface area contributed by atoms with Crippen molar-refractivity contribution in [3.05, 3.63) is 243 Å². The van der Waals surface area contributed by atoms with Crippen molar-refractivity contribution in [3.63, 3.8) is 0 Å². The molecule has 9 aromatic rings. The van der Waals surface area contributed by atoms with Gasteiger partial charge >= 0.3 is 0 Å². The van der Waals surface area contributed by atoms with Gasteiger partial charge < -0.3 is 14.4 Å². The lowest BCUT2D eigenvalue weighted by atomic mass is 10.0. The number of rotatable bonds is 12. The average Bonchev–Trinajstić information content (AvgIpc) is 3.64. The largest absolute Gasteiger partial charge is 0.311 e. The van der Waals surface area contributed by atoms with Crippen LogP contribution in [-0.4, -0.2) is 4.57 Å². The number of nitrogens with zero attached hydrogens (tertiary/aromatic N) is 3. The number of fused-ring (bicyclic) bond motifs is 3. The van der Waals surface area contributed by atoms with Gasteiger partial charge in [0.05, 0.1) is 11.0 Å². The van der Waals surface area contributed by atoms with Crippen LogP contribution in [0.4, 0.5) is 28.4 Å². The van der Waals surface area contributed by atoms with Crippen LogP contribution in [0.3, 0.4) is 0 Å². The third-order valence-electron chi connectivity index (χ3n) is 10.8. The third-order valence-corrected chi connectivity index (χ3v) is 10.8. The summed E-state index contributed by atoms with van der Waals surface area (Å²) in [4.78, 5) is 4.50. The van der Waals surface area contributed by atoms with E-state index in [1.165, 1.54) is 32.9 Å². The van der Waals surface area contributed by atoms with Crippen LogP contribution in [0.2, 0.25) is 0 Å². The van der Waals surface area contributed by atoms with Gasteiger partial charge in [0.1, 0.15) is 0 Å². The Morgan fingerprint density at radius 2 is 0.831 bits per heavy atom. The lowest BCUT2D eigenvalue weighted by Gasteiger charge is -2.26. The Labute approximate surface area is 347 Å². The molecule has 0 amide bonds. The summed E-state index contributed by atoms with van der Waals surface area (Å²) in [5.41, 5.74) is 14.6. The van der Waals surface area contributed by atoms with Crippen molar-refractivity contribution in [3.8, 4) is 27.9 Å². The summed E-state index contributed by atoms with van der Waals surface area (Å²) in [5.74, 6) is 0. The molecule has 0 aliphatic carbocycles. The predicted octanol–water partition coefficient (Wildman–Crippen LogP) is 15.8. The second-order valence-electron chi connectivity index (χ2n) is 14.6. The normalized spacial score (nSPS) is 11.5. The van der Waals surface area contributed by atoms with Gasteiger partial charge in [-0.25, -0.2) is 0 Å². The summed E-state index contributed by atoms with van der Waals surface area (Å²) >= 11 is 0. The molecule has 284 valence electrons. The van der Waals surface area contributed by atoms with Gasteiger partial charge in [-0.3, -0.25) is 0 Å². The van der Waals surface area contributed by atoms with E-state index in [-0.39, 0.29) is 0 Å². The molecule has 1 aromatic heterocycles. The minimum atomic E-state index is 0.900. The summed E-state index contributed by atoms with van der Waals surface area (Å²) < 4.78 is 2.36. The molecule has 59 heavy (non-hydrogen) atoms. The molecule has 3 heteroatoms. The van der Waals surface area contributed by atoms with Crippen molar-refractivity contribution in [2.75, 3.05) is 9.80 Å². The minimum Gasteiger partial charge on any atom is -0.311 e. The monoisotopic (exact) mass is 759 g/mol. The molecule has 0 unspecified atom stereocenters. The fourth-order valence-electron chi connectivity index (χ4n) is 7.95. The molecule has 8 aromatic carbocycles. The van der Waals surface area contributed by atoms with Crippen LogP contribution in [0.5, 0.6) is 0 Å².